The average Bonchev–Trinajstić information content (AvgIpc) is 3.20. The second kappa shape index (κ2) is 10.4. The Bertz CT molecular complexity index is 767. The number of hydrogen-bond acceptors (Lipinski definition) is 7. The zero-order valence-electron chi connectivity index (χ0n) is 17.6. The number of piperidine rings is 1. The topological polar surface area (TPSA) is 83.7 Å². The molecule has 158 valence electrons. The number of ether oxygens (including phenoxy) is 1. The van der Waals surface area contributed by atoms with Gasteiger partial charge in [0.25, 0.3) is 0 Å². The molecule has 1 amide bonds. The van der Waals surface area contributed by atoms with E-state index in [9.17, 15) is 4.79 Å². The molecule has 0 bridgehead atoms. The summed E-state index contributed by atoms with van der Waals surface area (Å²) in [6.07, 6.45) is 2.70. The first kappa shape index (κ1) is 21.3. The summed E-state index contributed by atoms with van der Waals surface area (Å²) in [5, 5.41) is 7.15. The van der Waals surface area contributed by atoms with E-state index >= 15 is 0 Å². The van der Waals surface area contributed by atoms with Crippen LogP contribution in [0, 0.1) is 5.92 Å². The van der Waals surface area contributed by atoms with E-state index < -0.39 is 0 Å². The van der Waals surface area contributed by atoms with Crippen molar-refractivity contribution < 1.29 is 14.1 Å². The summed E-state index contributed by atoms with van der Waals surface area (Å²) >= 11 is 0. The smallest absolute Gasteiger partial charge is 0.241 e. The molecule has 1 fully saturated rings. The number of rotatable bonds is 9. The average molecular weight is 402 g/mol. The summed E-state index contributed by atoms with van der Waals surface area (Å²) < 4.78 is 10.6. The van der Waals surface area contributed by atoms with Crippen LogP contribution in [-0.2, 0) is 11.3 Å². The van der Waals surface area contributed by atoms with Crippen LogP contribution < -0.4 is 10.1 Å². The Hall–Kier alpha value is -2.45. The van der Waals surface area contributed by atoms with Gasteiger partial charge in [0, 0.05) is 18.0 Å². The van der Waals surface area contributed by atoms with Crippen LogP contribution in [0.15, 0.2) is 28.8 Å². The Balaban J connectivity index is 1.42. The highest BCUT2D eigenvalue weighted by molar-refractivity contribution is 5.78. The number of methoxy groups -OCH3 is 1. The van der Waals surface area contributed by atoms with Gasteiger partial charge in [0.05, 0.1) is 13.7 Å². The lowest BCUT2D eigenvalue weighted by atomic mass is 9.96. The van der Waals surface area contributed by atoms with Crippen molar-refractivity contribution in [2.24, 2.45) is 5.92 Å². The molecule has 3 rings (SSSR count). The second-order valence-electron chi connectivity index (χ2n) is 7.74. The first-order valence-electron chi connectivity index (χ1n) is 10.2. The lowest BCUT2D eigenvalue weighted by molar-refractivity contribution is -0.126. The quantitative estimate of drug-likeness (QED) is 0.644. The molecule has 8 nitrogen and oxygen atoms in total. The summed E-state index contributed by atoms with van der Waals surface area (Å²) in [6, 6.07) is 7.58. The molecule has 1 saturated heterocycles. The molecule has 29 heavy (non-hydrogen) atoms. The fourth-order valence-corrected chi connectivity index (χ4v) is 3.47. The Kier molecular flexibility index (Phi) is 7.60. The third-order valence-corrected chi connectivity index (χ3v) is 5.21. The summed E-state index contributed by atoms with van der Waals surface area (Å²) in [7, 11) is 5.72. The number of aromatic nitrogens is 2. The van der Waals surface area contributed by atoms with E-state index in [4.69, 9.17) is 9.26 Å². The van der Waals surface area contributed by atoms with Crippen molar-refractivity contribution in [1.29, 1.82) is 0 Å². The molecule has 0 unspecified atom stereocenters. The van der Waals surface area contributed by atoms with Crippen molar-refractivity contribution in [2.75, 3.05) is 47.4 Å². The Morgan fingerprint density at radius 2 is 2.00 bits per heavy atom. The molecule has 0 atom stereocenters. The minimum absolute atomic E-state index is 0.100. The van der Waals surface area contributed by atoms with E-state index in [1.807, 2.05) is 38.4 Å². The van der Waals surface area contributed by atoms with Gasteiger partial charge in [-0.3, -0.25) is 9.69 Å². The number of nitrogens with one attached hydrogen (secondary N) is 1. The molecule has 8 heteroatoms. The minimum atomic E-state index is 0.100. The van der Waals surface area contributed by atoms with Crippen molar-refractivity contribution in [3.8, 4) is 17.1 Å². The van der Waals surface area contributed by atoms with Crippen LogP contribution >= 0.6 is 0 Å². The number of benzene rings is 1. The number of hydrogen-bond donors (Lipinski definition) is 1. The summed E-state index contributed by atoms with van der Waals surface area (Å²) in [5.74, 6) is 2.25. The summed E-state index contributed by atoms with van der Waals surface area (Å²) in [5.41, 5.74) is 0.894. The SMILES string of the molecule is COc1ccc(-c2noc(CN3CCC(C(=O)NCCCN(C)C)CC3)n2)cc1. The number of carbonyl (C=O) groups is 1. The molecular formula is C21H31N5O3. The molecule has 2 aromatic rings. The van der Waals surface area contributed by atoms with Crippen LogP contribution in [0.5, 0.6) is 5.75 Å². The fourth-order valence-electron chi connectivity index (χ4n) is 3.47. The largest absolute Gasteiger partial charge is 0.497 e. The zero-order valence-corrected chi connectivity index (χ0v) is 17.6. The van der Waals surface area contributed by atoms with Crippen molar-refractivity contribution >= 4 is 5.91 Å². The maximum absolute atomic E-state index is 12.3. The molecule has 0 aliphatic carbocycles. The van der Waals surface area contributed by atoms with Crippen molar-refractivity contribution in [2.45, 2.75) is 25.8 Å². The van der Waals surface area contributed by atoms with E-state index in [-0.39, 0.29) is 11.8 Å². The lowest BCUT2D eigenvalue weighted by Crippen LogP contribution is -2.40. The van der Waals surface area contributed by atoms with E-state index in [0.29, 0.717) is 18.3 Å². The standard InChI is InChI=1S/C21H31N5O3/c1-25(2)12-4-11-22-21(27)17-9-13-26(14-10-17)15-19-23-20(24-29-19)16-5-7-18(28-3)8-6-16/h5-8,17H,4,9-15H2,1-3H3,(H,22,27). The van der Waals surface area contributed by atoms with Crippen LogP contribution in [0.25, 0.3) is 11.4 Å². The summed E-state index contributed by atoms with van der Waals surface area (Å²) in [4.78, 5) is 21.2. The maximum atomic E-state index is 12.3. The first-order valence-corrected chi connectivity index (χ1v) is 10.2. The third-order valence-electron chi connectivity index (χ3n) is 5.21. The normalized spacial score (nSPS) is 15.6. The van der Waals surface area contributed by atoms with Crippen molar-refractivity contribution in [3.05, 3.63) is 30.2 Å². The van der Waals surface area contributed by atoms with Gasteiger partial charge in [-0.15, -0.1) is 0 Å². The van der Waals surface area contributed by atoms with E-state index in [1.54, 1.807) is 7.11 Å². The van der Waals surface area contributed by atoms with E-state index in [1.165, 1.54) is 0 Å². The molecule has 0 spiro atoms. The van der Waals surface area contributed by atoms with Crippen LogP contribution in [0.4, 0.5) is 0 Å². The van der Waals surface area contributed by atoms with Crippen LogP contribution in [0.1, 0.15) is 25.2 Å². The van der Waals surface area contributed by atoms with Crippen molar-refractivity contribution in [1.82, 2.24) is 25.3 Å². The number of amides is 1. The highest BCUT2D eigenvalue weighted by atomic mass is 16.5. The van der Waals surface area contributed by atoms with Crippen molar-refractivity contribution in [3.63, 3.8) is 0 Å². The molecule has 0 saturated carbocycles. The second-order valence-corrected chi connectivity index (χ2v) is 7.74. The van der Waals surface area contributed by atoms with Gasteiger partial charge in [0.15, 0.2) is 0 Å². The molecule has 0 radical (unpaired) electrons. The highest BCUT2D eigenvalue weighted by Crippen LogP contribution is 2.22. The van der Waals surface area contributed by atoms with E-state index in [2.05, 4.69) is 25.3 Å². The molecule has 1 aliphatic rings. The van der Waals surface area contributed by atoms with Gasteiger partial charge in [0.2, 0.25) is 17.6 Å². The number of carbonyl (C=O) groups excluding carboxylic acids is 1. The Morgan fingerprint density at radius 3 is 2.66 bits per heavy atom. The van der Waals surface area contributed by atoms with Gasteiger partial charge in [-0.25, -0.2) is 0 Å². The van der Waals surface area contributed by atoms with Crippen LogP contribution in [0.2, 0.25) is 0 Å². The number of nitrogens with zero attached hydrogens (tertiary/aromatic N) is 4. The lowest BCUT2D eigenvalue weighted by Gasteiger charge is -2.30. The first-order chi connectivity index (χ1) is 14.0. The zero-order chi connectivity index (χ0) is 20.6. The molecular weight excluding hydrogens is 370 g/mol. The minimum Gasteiger partial charge on any atom is -0.497 e. The molecule has 1 N–H and O–H groups in total. The monoisotopic (exact) mass is 401 g/mol. The van der Waals surface area contributed by atoms with Gasteiger partial charge in [-0.2, -0.15) is 4.98 Å². The molecule has 1 aromatic carbocycles. The van der Waals surface area contributed by atoms with Crippen LogP contribution in [-0.4, -0.2) is 73.2 Å². The molecule has 1 aliphatic heterocycles. The fraction of sp³-hybridized carbons (Fsp3) is 0.571. The number of likely N-dealkylation sites (tertiary alicyclic amines) is 1. The third kappa shape index (κ3) is 6.27. The molecule has 2 heterocycles. The predicted molar refractivity (Wildman–Crippen MR) is 110 cm³/mol. The highest BCUT2D eigenvalue weighted by Gasteiger charge is 2.25. The van der Waals surface area contributed by atoms with Gasteiger partial charge in [-0.05, 0) is 77.3 Å². The van der Waals surface area contributed by atoms with Gasteiger partial charge in [-0.1, -0.05) is 5.16 Å². The van der Waals surface area contributed by atoms with Crippen LogP contribution in [0.3, 0.4) is 0 Å². The Labute approximate surface area is 172 Å². The molecule has 1 aromatic heterocycles. The predicted octanol–water partition coefficient (Wildman–Crippen LogP) is 2.03. The van der Waals surface area contributed by atoms with E-state index in [0.717, 1.165) is 56.8 Å². The van der Waals surface area contributed by atoms with Gasteiger partial charge in [0.1, 0.15) is 5.75 Å². The van der Waals surface area contributed by atoms with Gasteiger partial charge < -0.3 is 19.5 Å². The van der Waals surface area contributed by atoms with Gasteiger partial charge >= 0.3 is 0 Å². The maximum Gasteiger partial charge on any atom is 0.241 e. The summed E-state index contributed by atoms with van der Waals surface area (Å²) in [6.45, 7) is 4.06. The Morgan fingerprint density at radius 1 is 1.28 bits per heavy atom.